The van der Waals surface area contributed by atoms with Crippen LogP contribution in [0.15, 0.2) is 29.6 Å². The van der Waals surface area contributed by atoms with Crippen LogP contribution in [0.25, 0.3) is 10.6 Å². The number of hydrogen-bond donors (Lipinski definition) is 1. The summed E-state index contributed by atoms with van der Waals surface area (Å²) in [6.07, 6.45) is 2.07. The third kappa shape index (κ3) is 5.53. The normalized spacial score (nSPS) is 14.9. The van der Waals surface area contributed by atoms with Gasteiger partial charge in [0, 0.05) is 48.7 Å². The molecule has 0 bridgehead atoms. The van der Waals surface area contributed by atoms with E-state index < -0.39 is 0 Å². The quantitative estimate of drug-likeness (QED) is 0.699. The molecule has 3 rings (SSSR count). The lowest BCUT2D eigenvalue weighted by Gasteiger charge is -2.33. The smallest absolute Gasteiger partial charge is 0.273 e. The molecule has 2 aromatic rings. The van der Waals surface area contributed by atoms with Crippen molar-refractivity contribution in [3.05, 3.63) is 40.4 Å². The van der Waals surface area contributed by atoms with E-state index in [0.717, 1.165) is 30.0 Å². The molecule has 28 heavy (non-hydrogen) atoms. The van der Waals surface area contributed by atoms with Crippen LogP contribution < -0.4 is 5.32 Å². The first-order chi connectivity index (χ1) is 13.6. The van der Waals surface area contributed by atoms with Crippen molar-refractivity contribution >= 4 is 34.8 Å². The van der Waals surface area contributed by atoms with Gasteiger partial charge in [-0.2, -0.15) is 0 Å². The summed E-state index contributed by atoms with van der Waals surface area (Å²) in [7, 11) is 0. The van der Waals surface area contributed by atoms with Crippen LogP contribution in [0, 0.1) is 0 Å². The molecule has 0 atom stereocenters. The van der Waals surface area contributed by atoms with Gasteiger partial charge in [0.05, 0.1) is 6.54 Å². The van der Waals surface area contributed by atoms with Gasteiger partial charge < -0.3 is 10.2 Å². The molecule has 1 aliphatic rings. The first-order valence-electron chi connectivity index (χ1n) is 9.56. The van der Waals surface area contributed by atoms with Crippen molar-refractivity contribution < 1.29 is 9.59 Å². The summed E-state index contributed by atoms with van der Waals surface area (Å²) in [5, 5.41) is 6.22. The second-order valence-corrected chi connectivity index (χ2v) is 8.11. The van der Waals surface area contributed by atoms with E-state index in [-0.39, 0.29) is 11.8 Å². The van der Waals surface area contributed by atoms with E-state index in [2.05, 4.69) is 22.1 Å². The highest BCUT2D eigenvalue weighted by Gasteiger charge is 2.24. The van der Waals surface area contributed by atoms with Crippen LogP contribution in [0.4, 0.5) is 0 Å². The van der Waals surface area contributed by atoms with E-state index >= 15 is 0 Å². The topological polar surface area (TPSA) is 65.5 Å². The van der Waals surface area contributed by atoms with Gasteiger partial charge >= 0.3 is 0 Å². The minimum Gasteiger partial charge on any atom is -0.355 e. The third-order valence-corrected chi connectivity index (χ3v) is 5.84. The molecule has 0 spiro atoms. The van der Waals surface area contributed by atoms with Crippen molar-refractivity contribution in [2.45, 2.75) is 19.8 Å². The van der Waals surface area contributed by atoms with Gasteiger partial charge in [-0.3, -0.25) is 14.5 Å². The summed E-state index contributed by atoms with van der Waals surface area (Å²) < 4.78 is 0. The Hall–Kier alpha value is -1.96. The summed E-state index contributed by atoms with van der Waals surface area (Å²) in [6, 6.07) is 7.44. The lowest BCUT2D eigenvalue weighted by atomic mass is 10.2. The highest BCUT2D eigenvalue weighted by atomic mass is 35.5. The van der Waals surface area contributed by atoms with Gasteiger partial charge in [-0.25, -0.2) is 4.98 Å². The number of halogens is 1. The van der Waals surface area contributed by atoms with Crippen LogP contribution in [0.2, 0.25) is 5.02 Å². The number of nitrogens with zero attached hydrogens (tertiary/aromatic N) is 3. The molecular formula is C20H25ClN4O2S. The molecule has 6 nitrogen and oxygen atoms in total. The molecule has 0 saturated carbocycles. The van der Waals surface area contributed by atoms with E-state index in [9.17, 15) is 9.59 Å². The van der Waals surface area contributed by atoms with Crippen molar-refractivity contribution in [3.8, 4) is 10.6 Å². The summed E-state index contributed by atoms with van der Waals surface area (Å²) in [5.74, 6) is 0.00356. The zero-order valence-electron chi connectivity index (χ0n) is 16.0. The Morgan fingerprint density at radius 3 is 2.57 bits per heavy atom. The van der Waals surface area contributed by atoms with Crippen LogP contribution in [0.1, 0.15) is 30.3 Å². The Kier molecular flexibility index (Phi) is 7.42. The predicted molar refractivity (Wildman–Crippen MR) is 113 cm³/mol. The highest BCUT2D eigenvalue weighted by Crippen LogP contribution is 2.25. The van der Waals surface area contributed by atoms with Gasteiger partial charge in [-0.1, -0.05) is 37.1 Å². The Morgan fingerprint density at radius 1 is 1.18 bits per heavy atom. The van der Waals surface area contributed by atoms with E-state index in [4.69, 9.17) is 11.6 Å². The maximum Gasteiger partial charge on any atom is 0.273 e. The summed E-state index contributed by atoms with van der Waals surface area (Å²) in [6.45, 7) is 5.83. The zero-order chi connectivity index (χ0) is 19.9. The molecule has 1 saturated heterocycles. The summed E-state index contributed by atoms with van der Waals surface area (Å²) in [4.78, 5) is 33.1. The molecule has 0 unspecified atom stereocenters. The van der Waals surface area contributed by atoms with Crippen LogP contribution in [-0.2, 0) is 4.79 Å². The fourth-order valence-electron chi connectivity index (χ4n) is 3.03. The van der Waals surface area contributed by atoms with Crippen molar-refractivity contribution in [2.75, 3.05) is 39.3 Å². The first-order valence-corrected chi connectivity index (χ1v) is 10.8. The molecule has 1 aromatic heterocycles. The van der Waals surface area contributed by atoms with Gasteiger partial charge in [-0.15, -0.1) is 11.3 Å². The fraction of sp³-hybridized carbons (Fsp3) is 0.450. The average molecular weight is 421 g/mol. The van der Waals surface area contributed by atoms with E-state index in [1.54, 1.807) is 5.38 Å². The molecule has 2 amide bonds. The number of rotatable bonds is 7. The summed E-state index contributed by atoms with van der Waals surface area (Å²) in [5.41, 5.74) is 1.42. The number of unbranched alkanes of at least 4 members (excludes halogenated alkanes) is 1. The third-order valence-electron chi connectivity index (χ3n) is 4.69. The van der Waals surface area contributed by atoms with Gasteiger partial charge in [-0.05, 0) is 18.6 Å². The molecule has 150 valence electrons. The maximum atomic E-state index is 12.8. The molecule has 1 N–H and O–H groups in total. The van der Waals surface area contributed by atoms with Crippen molar-refractivity contribution in [1.82, 2.24) is 20.1 Å². The first kappa shape index (κ1) is 20.8. The lowest BCUT2D eigenvalue weighted by Crippen LogP contribution is -2.51. The van der Waals surface area contributed by atoms with Gasteiger partial charge in [0.25, 0.3) is 5.91 Å². The van der Waals surface area contributed by atoms with Crippen molar-refractivity contribution in [2.24, 2.45) is 0 Å². The van der Waals surface area contributed by atoms with Gasteiger partial charge in [0.2, 0.25) is 5.91 Å². The van der Waals surface area contributed by atoms with Crippen LogP contribution in [0.5, 0.6) is 0 Å². The number of nitrogens with one attached hydrogen (secondary N) is 1. The molecule has 1 aliphatic heterocycles. The van der Waals surface area contributed by atoms with Crippen LogP contribution in [-0.4, -0.2) is 65.9 Å². The largest absolute Gasteiger partial charge is 0.355 e. The van der Waals surface area contributed by atoms with Gasteiger partial charge in [0.15, 0.2) is 0 Å². The number of aromatic nitrogens is 1. The molecule has 0 aliphatic carbocycles. The van der Waals surface area contributed by atoms with E-state index in [1.807, 2.05) is 29.2 Å². The number of piperazine rings is 1. The highest BCUT2D eigenvalue weighted by molar-refractivity contribution is 7.13. The Bertz CT molecular complexity index is 801. The number of carbonyl (C=O) groups is 2. The molecule has 1 aromatic carbocycles. The second kappa shape index (κ2) is 10.0. The minimum absolute atomic E-state index is 0.0523. The Balaban J connectivity index is 1.50. The van der Waals surface area contributed by atoms with Gasteiger partial charge in [0.1, 0.15) is 10.7 Å². The predicted octanol–water partition coefficient (Wildman–Crippen LogP) is 3.14. The minimum atomic E-state index is -0.0523. The van der Waals surface area contributed by atoms with Crippen molar-refractivity contribution in [1.29, 1.82) is 0 Å². The molecule has 2 heterocycles. The molecule has 1 fully saturated rings. The molecule has 8 heteroatoms. The second-order valence-electron chi connectivity index (χ2n) is 6.82. The maximum absolute atomic E-state index is 12.8. The Morgan fingerprint density at radius 2 is 1.89 bits per heavy atom. The monoisotopic (exact) mass is 420 g/mol. The van der Waals surface area contributed by atoms with Crippen LogP contribution >= 0.6 is 22.9 Å². The molecular weight excluding hydrogens is 396 g/mol. The lowest BCUT2D eigenvalue weighted by molar-refractivity contribution is -0.122. The number of benzene rings is 1. The number of carbonyl (C=O) groups excluding carboxylic acids is 2. The number of hydrogen-bond acceptors (Lipinski definition) is 5. The SMILES string of the molecule is CCCCNC(=O)CN1CCN(C(=O)c2csc(-c3ccc(Cl)cc3)n2)CC1. The molecule has 0 radical (unpaired) electrons. The number of amides is 2. The van der Waals surface area contributed by atoms with Crippen LogP contribution in [0.3, 0.4) is 0 Å². The average Bonchev–Trinajstić information content (AvgIpc) is 3.19. The van der Waals surface area contributed by atoms with Crippen molar-refractivity contribution in [3.63, 3.8) is 0 Å². The standard InChI is InChI=1S/C20H25ClN4O2S/c1-2-3-8-22-18(26)13-24-9-11-25(12-10-24)20(27)17-14-28-19(23-17)15-4-6-16(21)7-5-15/h4-7,14H,2-3,8-13H2,1H3,(H,22,26). The summed E-state index contributed by atoms with van der Waals surface area (Å²) >= 11 is 7.38. The fourth-order valence-corrected chi connectivity index (χ4v) is 3.96. The van der Waals surface area contributed by atoms with E-state index in [1.165, 1.54) is 11.3 Å². The number of thiazole rings is 1. The zero-order valence-corrected chi connectivity index (χ0v) is 17.6. The van der Waals surface area contributed by atoms with E-state index in [0.29, 0.717) is 43.4 Å². The Labute approximate surface area is 174 Å².